The van der Waals surface area contributed by atoms with Gasteiger partial charge in [0.05, 0.1) is 18.9 Å². The number of oxazole rings is 1. The second kappa shape index (κ2) is 7.14. The fraction of sp³-hybridized carbons (Fsp3) is 0.312. The topological polar surface area (TPSA) is 119 Å². The Labute approximate surface area is 139 Å². The highest BCUT2D eigenvalue weighted by Crippen LogP contribution is 2.32. The first kappa shape index (κ1) is 17.5. The predicted molar refractivity (Wildman–Crippen MR) is 88.4 cm³/mol. The summed E-state index contributed by atoms with van der Waals surface area (Å²) < 4.78 is 10.5. The molecule has 8 nitrogen and oxygen atoms in total. The van der Waals surface area contributed by atoms with E-state index in [1.165, 1.54) is 13.5 Å². The van der Waals surface area contributed by atoms with Gasteiger partial charge in [0.25, 0.3) is 0 Å². The molecular formula is C16H20N4O4. The van der Waals surface area contributed by atoms with E-state index in [0.29, 0.717) is 22.8 Å². The van der Waals surface area contributed by atoms with Gasteiger partial charge in [-0.05, 0) is 26.0 Å². The maximum absolute atomic E-state index is 12.0. The van der Waals surface area contributed by atoms with Gasteiger partial charge < -0.3 is 25.5 Å². The van der Waals surface area contributed by atoms with Crippen LogP contribution >= 0.6 is 0 Å². The highest BCUT2D eigenvalue weighted by atomic mass is 16.5. The summed E-state index contributed by atoms with van der Waals surface area (Å²) >= 11 is 0. The van der Waals surface area contributed by atoms with Gasteiger partial charge in [-0.25, -0.2) is 4.98 Å². The second-order valence-electron chi connectivity index (χ2n) is 5.78. The number of hydrogen-bond acceptors (Lipinski definition) is 6. The van der Waals surface area contributed by atoms with Crippen molar-refractivity contribution in [2.75, 3.05) is 19.0 Å². The molecule has 0 aliphatic heterocycles. The van der Waals surface area contributed by atoms with Gasteiger partial charge in [0.2, 0.25) is 0 Å². The Morgan fingerprint density at radius 3 is 2.67 bits per heavy atom. The highest BCUT2D eigenvalue weighted by molar-refractivity contribution is 6.39. The third-order valence-corrected chi connectivity index (χ3v) is 3.33. The molecule has 8 heteroatoms. The number of amides is 2. The van der Waals surface area contributed by atoms with Crippen molar-refractivity contribution in [2.24, 2.45) is 5.73 Å². The Hall–Kier alpha value is -2.87. The summed E-state index contributed by atoms with van der Waals surface area (Å²) in [6.07, 6.45) is 2.87. The van der Waals surface area contributed by atoms with E-state index < -0.39 is 17.4 Å². The molecule has 2 amide bonds. The lowest BCUT2D eigenvalue weighted by molar-refractivity contribution is -0.137. The number of aromatic nitrogens is 1. The van der Waals surface area contributed by atoms with Crippen molar-refractivity contribution >= 4 is 17.5 Å². The van der Waals surface area contributed by atoms with E-state index in [9.17, 15) is 9.59 Å². The lowest BCUT2D eigenvalue weighted by Crippen LogP contribution is -2.52. The lowest BCUT2D eigenvalue weighted by Gasteiger charge is -2.23. The smallest absolute Gasteiger partial charge is 0.313 e. The lowest BCUT2D eigenvalue weighted by atomic mass is 10.1. The van der Waals surface area contributed by atoms with Gasteiger partial charge in [0.15, 0.2) is 12.2 Å². The molecule has 1 aromatic carbocycles. The number of methoxy groups -OCH3 is 1. The first-order valence-electron chi connectivity index (χ1n) is 7.27. The van der Waals surface area contributed by atoms with Crippen LogP contribution in [0.1, 0.15) is 13.8 Å². The zero-order chi connectivity index (χ0) is 17.7. The monoisotopic (exact) mass is 332 g/mol. The van der Waals surface area contributed by atoms with E-state index in [-0.39, 0.29) is 6.54 Å². The summed E-state index contributed by atoms with van der Waals surface area (Å²) in [4.78, 5) is 27.7. The second-order valence-corrected chi connectivity index (χ2v) is 5.78. The Bertz CT molecular complexity index is 726. The van der Waals surface area contributed by atoms with Crippen molar-refractivity contribution in [1.29, 1.82) is 0 Å². The largest absolute Gasteiger partial charge is 0.496 e. The van der Waals surface area contributed by atoms with Crippen molar-refractivity contribution in [2.45, 2.75) is 19.4 Å². The normalized spacial score (nSPS) is 11.0. The summed E-state index contributed by atoms with van der Waals surface area (Å²) in [5.41, 5.74) is 5.97. The Kier molecular flexibility index (Phi) is 5.20. The summed E-state index contributed by atoms with van der Waals surface area (Å²) in [7, 11) is 1.50. The molecule has 0 radical (unpaired) electrons. The summed E-state index contributed by atoms with van der Waals surface area (Å²) in [5.74, 6) is -0.533. The number of carbonyl (C=O) groups is 2. The number of anilines is 1. The molecule has 0 saturated heterocycles. The molecule has 0 spiro atoms. The van der Waals surface area contributed by atoms with Crippen molar-refractivity contribution < 1.29 is 18.7 Å². The van der Waals surface area contributed by atoms with Crippen LogP contribution in [0.2, 0.25) is 0 Å². The summed E-state index contributed by atoms with van der Waals surface area (Å²) in [5, 5.41) is 5.08. The standard InChI is InChI=1S/C16H20N4O4/c1-16(2,8-17)20-15(22)14(21)19-10-4-5-11(12(6-10)23-3)13-7-18-9-24-13/h4-7,9H,8,17H2,1-3H3,(H,19,21)(H,20,22). The summed E-state index contributed by atoms with van der Waals surface area (Å²) in [6, 6.07) is 4.94. The molecule has 0 aliphatic rings. The molecule has 0 fully saturated rings. The first-order valence-corrected chi connectivity index (χ1v) is 7.27. The third-order valence-electron chi connectivity index (χ3n) is 3.33. The molecule has 2 rings (SSSR count). The molecule has 128 valence electrons. The van der Waals surface area contributed by atoms with Crippen LogP contribution in [0.25, 0.3) is 11.3 Å². The van der Waals surface area contributed by atoms with Crippen LogP contribution in [0.5, 0.6) is 5.75 Å². The number of nitrogens with one attached hydrogen (secondary N) is 2. The number of ether oxygens (including phenoxy) is 1. The van der Waals surface area contributed by atoms with Crippen LogP contribution in [0.15, 0.2) is 35.2 Å². The quantitative estimate of drug-likeness (QED) is 0.706. The van der Waals surface area contributed by atoms with E-state index in [0.717, 1.165) is 0 Å². The molecule has 1 heterocycles. The fourth-order valence-electron chi connectivity index (χ4n) is 1.92. The van der Waals surface area contributed by atoms with E-state index in [1.807, 2.05) is 0 Å². The zero-order valence-corrected chi connectivity index (χ0v) is 13.8. The average molecular weight is 332 g/mol. The minimum atomic E-state index is -0.786. The molecule has 0 saturated carbocycles. The van der Waals surface area contributed by atoms with Crippen LogP contribution in [0, 0.1) is 0 Å². The molecule has 0 bridgehead atoms. The van der Waals surface area contributed by atoms with Crippen molar-refractivity contribution in [3.8, 4) is 17.1 Å². The van der Waals surface area contributed by atoms with E-state index in [2.05, 4.69) is 15.6 Å². The molecular weight excluding hydrogens is 312 g/mol. The average Bonchev–Trinajstić information content (AvgIpc) is 3.08. The number of carbonyl (C=O) groups excluding carboxylic acids is 2. The van der Waals surface area contributed by atoms with Gasteiger partial charge in [-0.15, -0.1) is 0 Å². The predicted octanol–water partition coefficient (Wildman–Crippen LogP) is 1.14. The molecule has 1 aromatic heterocycles. The number of benzene rings is 1. The van der Waals surface area contributed by atoms with E-state index >= 15 is 0 Å². The van der Waals surface area contributed by atoms with Crippen molar-refractivity contribution in [3.05, 3.63) is 30.8 Å². The Balaban J connectivity index is 2.13. The number of nitrogens with zero attached hydrogens (tertiary/aromatic N) is 1. The Morgan fingerprint density at radius 2 is 2.08 bits per heavy atom. The molecule has 0 atom stereocenters. The number of hydrogen-bond donors (Lipinski definition) is 3. The van der Waals surface area contributed by atoms with Crippen LogP contribution in [0.4, 0.5) is 5.69 Å². The van der Waals surface area contributed by atoms with Gasteiger partial charge in [0.1, 0.15) is 5.75 Å². The van der Waals surface area contributed by atoms with Gasteiger partial charge in [-0.3, -0.25) is 9.59 Å². The molecule has 0 unspecified atom stereocenters. The van der Waals surface area contributed by atoms with Crippen molar-refractivity contribution in [1.82, 2.24) is 10.3 Å². The minimum absolute atomic E-state index is 0.214. The maximum atomic E-state index is 12.0. The maximum Gasteiger partial charge on any atom is 0.313 e. The molecule has 24 heavy (non-hydrogen) atoms. The van der Waals surface area contributed by atoms with Crippen LogP contribution in [0.3, 0.4) is 0 Å². The molecule has 0 aliphatic carbocycles. The fourth-order valence-corrected chi connectivity index (χ4v) is 1.92. The SMILES string of the molecule is COc1cc(NC(=O)C(=O)NC(C)(C)CN)ccc1-c1cnco1. The zero-order valence-electron chi connectivity index (χ0n) is 13.8. The first-order chi connectivity index (χ1) is 11.4. The summed E-state index contributed by atoms with van der Waals surface area (Å²) in [6.45, 7) is 3.67. The van der Waals surface area contributed by atoms with Crippen molar-refractivity contribution in [3.63, 3.8) is 0 Å². The highest BCUT2D eigenvalue weighted by Gasteiger charge is 2.23. The number of rotatable bonds is 5. The minimum Gasteiger partial charge on any atom is -0.496 e. The van der Waals surface area contributed by atoms with Crippen LogP contribution in [-0.4, -0.2) is 36.0 Å². The van der Waals surface area contributed by atoms with Gasteiger partial charge in [0, 0.05) is 23.8 Å². The van der Waals surface area contributed by atoms with E-state index in [4.69, 9.17) is 14.9 Å². The Morgan fingerprint density at radius 1 is 1.33 bits per heavy atom. The molecule has 4 N–H and O–H groups in total. The van der Waals surface area contributed by atoms with Crippen LogP contribution in [-0.2, 0) is 9.59 Å². The molecule has 2 aromatic rings. The van der Waals surface area contributed by atoms with Crippen LogP contribution < -0.4 is 21.1 Å². The third kappa shape index (κ3) is 4.11. The van der Waals surface area contributed by atoms with E-state index in [1.54, 1.807) is 38.2 Å². The van der Waals surface area contributed by atoms with Gasteiger partial charge in [-0.2, -0.15) is 0 Å². The van der Waals surface area contributed by atoms with Gasteiger partial charge in [-0.1, -0.05) is 0 Å². The number of nitrogens with two attached hydrogens (primary N) is 1. The van der Waals surface area contributed by atoms with Gasteiger partial charge >= 0.3 is 11.8 Å².